The Bertz CT molecular complexity index is 775. The van der Waals surface area contributed by atoms with Gasteiger partial charge in [-0.2, -0.15) is 0 Å². The molecule has 0 bridgehead atoms. The van der Waals surface area contributed by atoms with Gasteiger partial charge in [0.15, 0.2) is 0 Å². The first kappa shape index (κ1) is 16.8. The third-order valence-electron chi connectivity index (χ3n) is 3.60. The highest BCUT2D eigenvalue weighted by molar-refractivity contribution is 6.20. The standard InChI is InChI=1S/C12H12O2Si.C10H8/c1-3-7-11(8-4-1)13-15-14-12-9-5-2-6-10-12;1-2-6-10-8-4-3-7-9(10)5-1/h1-10H,15H2;1-8H. The first-order chi connectivity index (χ1) is 12.4. The maximum absolute atomic E-state index is 5.53. The van der Waals surface area contributed by atoms with Crippen LogP contribution in [0.5, 0.6) is 11.5 Å². The average molecular weight is 344 g/mol. The van der Waals surface area contributed by atoms with E-state index in [1.165, 1.54) is 10.8 Å². The minimum absolute atomic E-state index is 0.875. The molecule has 0 unspecified atom stereocenters. The van der Waals surface area contributed by atoms with Gasteiger partial charge in [0.1, 0.15) is 11.5 Å². The van der Waals surface area contributed by atoms with Gasteiger partial charge >= 0.3 is 10.0 Å². The number of hydrogen-bond acceptors (Lipinski definition) is 2. The number of fused-ring (bicyclic) bond motifs is 1. The fourth-order valence-corrected chi connectivity index (χ4v) is 3.05. The first-order valence-corrected chi connectivity index (χ1v) is 9.37. The molecule has 0 aliphatic rings. The Morgan fingerprint density at radius 3 is 1.08 bits per heavy atom. The van der Waals surface area contributed by atoms with Crippen LogP contribution in [0.3, 0.4) is 0 Å². The molecule has 2 nitrogen and oxygen atoms in total. The lowest BCUT2D eigenvalue weighted by atomic mass is 10.1. The Morgan fingerprint density at radius 1 is 0.400 bits per heavy atom. The van der Waals surface area contributed by atoms with Gasteiger partial charge in [-0.3, -0.25) is 0 Å². The summed E-state index contributed by atoms with van der Waals surface area (Å²) in [6.07, 6.45) is 0. The monoisotopic (exact) mass is 344 g/mol. The highest BCUT2D eigenvalue weighted by Gasteiger charge is 1.94. The van der Waals surface area contributed by atoms with E-state index in [0.29, 0.717) is 0 Å². The lowest BCUT2D eigenvalue weighted by Crippen LogP contribution is -2.10. The molecule has 4 rings (SSSR count). The van der Waals surface area contributed by atoms with E-state index in [1.807, 2.05) is 60.7 Å². The molecule has 0 radical (unpaired) electrons. The molecule has 0 aliphatic heterocycles. The summed E-state index contributed by atoms with van der Waals surface area (Å²) in [6, 6.07) is 36.2. The molecular weight excluding hydrogens is 324 g/mol. The molecule has 0 aromatic heterocycles. The Morgan fingerprint density at radius 2 is 0.720 bits per heavy atom. The normalized spacial score (nSPS) is 9.76. The van der Waals surface area contributed by atoms with E-state index in [2.05, 4.69) is 48.5 Å². The minimum Gasteiger partial charge on any atom is -0.516 e. The first-order valence-electron chi connectivity index (χ1n) is 8.21. The van der Waals surface area contributed by atoms with Crippen molar-refractivity contribution in [2.45, 2.75) is 0 Å². The van der Waals surface area contributed by atoms with Crippen molar-refractivity contribution < 1.29 is 8.85 Å². The molecule has 3 heteroatoms. The van der Waals surface area contributed by atoms with Crippen LogP contribution in [0.4, 0.5) is 0 Å². The number of hydrogen-bond donors (Lipinski definition) is 0. The molecule has 0 amide bonds. The van der Waals surface area contributed by atoms with Gasteiger partial charge in [-0.15, -0.1) is 0 Å². The smallest absolute Gasteiger partial charge is 0.427 e. The van der Waals surface area contributed by atoms with Crippen molar-refractivity contribution in [2.24, 2.45) is 0 Å². The van der Waals surface area contributed by atoms with E-state index in [-0.39, 0.29) is 0 Å². The zero-order valence-corrected chi connectivity index (χ0v) is 15.3. The lowest BCUT2D eigenvalue weighted by molar-refractivity contribution is 0.459. The van der Waals surface area contributed by atoms with E-state index in [1.54, 1.807) is 0 Å². The highest BCUT2D eigenvalue weighted by atomic mass is 28.3. The molecule has 0 aliphatic carbocycles. The van der Waals surface area contributed by atoms with Crippen molar-refractivity contribution in [3.05, 3.63) is 109 Å². The van der Waals surface area contributed by atoms with Crippen molar-refractivity contribution in [3.63, 3.8) is 0 Å². The fraction of sp³-hybridized carbons (Fsp3) is 0. The van der Waals surface area contributed by atoms with Gasteiger partial charge in [0, 0.05) is 0 Å². The molecule has 124 valence electrons. The summed E-state index contributed by atoms with van der Waals surface area (Å²) in [5.74, 6) is 1.75. The van der Waals surface area contributed by atoms with E-state index in [0.717, 1.165) is 11.5 Å². The van der Waals surface area contributed by atoms with Gasteiger partial charge < -0.3 is 8.85 Å². The van der Waals surface area contributed by atoms with Crippen LogP contribution >= 0.6 is 0 Å². The fourth-order valence-electron chi connectivity index (χ4n) is 2.33. The Balaban J connectivity index is 0.000000157. The summed E-state index contributed by atoms with van der Waals surface area (Å²) in [6.45, 7) is 0. The summed E-state index contributed by atoms with van der Waals surface area (Å²) in [5.41, 5.74) is 0. The molecule has 0 saturated heterocycles. The zero-order valence-electron chi connectivity index (χ0n) is 13.9. The third kappa shape index (κ3) is 5.51. The molecule has 0 atom stereocenters. The van der Waals surface area contributed by atoms with E-state index >= 15 is 0 Å². The summed E-state index contributed by atoms with van der Waals surface area (Å²) >= 11 is 0. The predicted molar refractivity (Wildman–Crippen MR) is 107 cm³/mol. The van der Waals surface area contributed by atoms with Crippen LogP contribution in [-0.4, -0.2) is 10.0 Å². The summed E-state index contributed by atoms with van der Waals surface area (Å²) < 4.78 is 11.1. The maximum Gasteiger partial charge on any atom is 0.427 e. The zero-order chi connectivity index (χ0) is 17.2. The van der Waals surface area contributed by atoms with Crippen molar-refractivity contribution in [1.82, 2.24) is 0 Å². The Labute approximate surface area is 150 Å². The summed E-state index contributed by atoms with van der Waals surface area (Å²) in [5, 5.41) is 2.62. The van der Waals surface area contributed by atoms with Gasteiger partial charge in [-0.05, 0) is 35.0 Å². The Kier molecular flexibility index (Phi) is 6.25. The van der Waals surface area contributed by atoms with E-state index < -0.39 is 10.0 Å². The molecule has 0 spiro atoms. The second kappa shape index (κ2) is 9.30. The molecule has 4 aromatic carbocycles. The van der Waals surface area contributed by atoms with Crippen molar-refractivity contribution in [1.29, 1.82) is 0 Å². The van der Waals surface area contributed by atoms with Gasteiger partial charge in [-0.25, -0.2) is 0 Å². The van der Waals surface area contributed by atoms with Crippen LogP contribution in [0.1, 0.15) is 0 Å². The van der Waals surface area contributed by atoms with Crippen LogP contribution in [-0.2, 0) is 0 Å². The van der Waals surface area contributed by atoms with E-state index in [4.69, 9.17) is 8.85 Å². The Hall–Kier alpha value is -3.04. The number of para-hydroxylation sites is 2. The molecular formula is C22H20O2Si. The molecule has 0 N–H and O–H groups in total. The quantitative estimate of drug-likeness (QED) is 0.486. The lowest BCUT2D eigenvalue weighted by Gasteiger charge is -2.07. The second-order valence-electron chi connectivity index (χ2n) is 5.38. The van der Waals surface area contributed by atoms with Crippen molar-refractivity contribution in [2.75, 3.05) is 0 Å². The van der Waals surface area contributed by atoms with E-state index in [9.17, 15) is 0 Å². The predicted octanol–water partition coefficient (Wildman–Crippen LogP) is 4.98. The van der Waals surface area contributed by atoms with Crippen LogP contribution in [0.2, 0.25) is 0 Å². The third-order valence-corrected chi connectivity index (χ3v) is 4.50. The largest absolute Gasteiger partial charge is 0.516 e. The molecule has 25 heavy (non-hydrogen) atoms. The molecule has 0 fully saturated rings. The van der Waals surface area contributed by atoms with Crippen LogP contribution in [0.25, 0.3) is 10.8 Å². The average Bonchev–Trinajstić information content (AvgIpc) is 2.70. The molecule has 0 heterocycles. The summed E-state index contributed by atoms with van der Waals surface area (Å²) in [4.78, 5) is 0. The molecule has 0 saturated carbocycles. The SMILES string of the molecule is c1ccc(O[SiH2]Oc2ccccc2)cc1.c1ccc2ccccc2c1. The van der Waals surface area contributed by atoms with Crippen molar-refractivity contribution >= 4 is 20.8 Å². The van der Waals surface area contributed by atoms with Gasteiger partial charge in [0.05, 0.1) is 0 Å². The number of rotatable bonds is 4. The van der Waals surface area contributed by atoms with Crippen LogP contribution < -0.4 is 8.85 Å². The topological polar surface area (TPSA) is 18.5 Å². The number of benzene rings is 4. The van der Waals surface area contributed by atoms with Gasteiger partial charge in [0.2, 0.25) is 0 Å². The van der Waals surface area contributed by atoms with Crippen LogP contribution in [0.15, 0.2) is 109 Å². The highest BCUT2D eigenvalue weighted by Crippen LogP contribution is 2.11. The van der Waals surface area contributed by atoms with Gasteiger partial charge in [-0.1, -0.05) is 84.9 Å². The summed E-state index contributed by atoms with van der Waals surface area (Å²) in [7, 11) is -0.985. The minimum atomic E-state index is -0.985. The maximum atomic E-state index is 5.53. The van der Waals surface area contributed by atoms with Crippen LogP contribution in [0, 0.1) is 0 Å². The second-order valence-corrected chi connectivity index (χ2v) is 6.19. The van der Waals surface area contributed by atoms with Crippen molar-refractivity contribution in [3.8, 4) is 11.5 Å². The molecule has 4 aromatic rings. The van der Waals surface area contributed by atoms with Gasteiger partial charge in [0.25, 0.3) is 0 Å².